The Morgan fingerprint density at radius 2 is 1.58 bits per heavy atom. The molecule has 136 valence electrons. The molecule has 6 nitrogen and oxygen atoms in total. The smallest absolute Gasteiger partial charge is 0.383 e. The second kappa shape index (κ2) is 6.01. The molecule has 0 fully saturated rings. The van der Waals surface area contributed by atoms with Crippen LogP contribution in [-0.2, 0) is 13.2 Å². The highest BCUT2D eigenvalue weighted by molar-refractivity contribution is 5.89. The van der Waals surface area contributed by atoms with Crippen LogP contribution in [0.2, 0.25) is 0 Å². The maximum absolute atomic E-state index is 12.8. The Morgan fingerprint density at radius 1 is 0.962 bits per heavy atom. The van der Waals surface area contributed by atoms with Gasteiger partial charge in [0.25, 0.3) is 0 Å². The third kappa shape index (κ3) is 2.96. The molecule has 3 aromatic rings. The van der Waals surface area contributed by atoms with Crippen molar-refractivity contribution in [1.29, 1.82) is 0 Å². The Balaban J connectivity index is 2.25. The summed E-state index contributed by atoms with van der Waals surface area (Å²) in [5.74, 6) is 0.0747. The van der Waals surface area contributed by atoms with Gasteiger partial charge in [-0.05, 0) is 31.5 Å². The predicted octanol–water partition coefficient (Wildman–Crippen LogP) is 3.34. The van der Waals surface area contributed by atoms with Crippen molar-refractivity contribution in [2.75, 3.05) is 11.5 Å². The number of anilines is 2. The monoisotopic (exact) mass is 362 g/mol. The first-order valence-corrected chi connectivity index (χ1v) is 7.70. The summed E-state index contributed by atoms with van der Waals surface area (Å²) < 4.78 is 40.2. The third-order valence-electron chi connectivity index (χ3n) is 4.20. The lowest BCUT2D eigenvalue weighted by Crippen LogP contribution is -2.06. The van der Waals surface area contributed by atoms with E-state index in [-0.39, 0.29) is 11.8 Å². The lowest BCUT2D eigenvalue weighted by atomic mass is 9.97. The molecule has 1 aromatic carbocycles. The molecule has 0 amide bonds. The van der Waals surface area contributed by atoms with Crippen LogP contribution in [0.3, 0.4) is 0 Å². The van der Waals surface area contributed by atoms with E-state index in [1.54, 1.807) is 11.7 Å². The van der Waals surface area contributed by atoms with Gasteiger partial charge >= 0.3 is 6.18 Å². The molecule has 0 aliphatic carbocycles. The molecule has 9 heteroatoms. The second-order valence-electron chi connectivity index (χ2n) is 5.94. The Morgan fingerprint density at radius 3 is 2.08 bits per heavy atom. The molecule has 0 spiro atoms. The minimum absolute atomic E-state index is 0.0178. The van der Waals surface area contributed by atoms with Crippen molar-refractivity contribution < 1.29 is 13.2 Å². The zero-order valence-corrected chi connectivity index (χ0v) is 14.4. The molecule has 26 heavy (non-hydrogen) atoms. The minimum atomic E-state index is -4.42. The van der Waals surface area contributed by atoms with E-state index in [1.807, 2.05) is 13.8 Å². The number of nitrogens with two attached hydrogens (primary N) is 2. The molecular formula is C17H17F3N6. The molecule has 2 aromatic heterocycles. The highest BCUT2D eigenvalue weighted by Crippen LogP contribution is 2.38. The van der Waals surface area contributed by atoms with Gasteiger partial charge in [-0.15, -0.1) is 0 Å². The van der Waals surface area contributed by atoms with Gasteiger partial charge in [0.2, 0.25) is 5.95 Å². The van der Waals surface area contributed by atoms with Crippen LogP contribution in [0.5, 0.6) is 0 Å². The molecule has 0 saturated heterocycles. The van der Waals surface area contributed by atoms with Gasteiger partial charge in [0.05, 0.1) is 22.5 Å². The number of nitrogens with zero attached hydrogens (tertiary/aromatic N) is 4. The fourth-order valence-corrected chi connectivity index (χ4v) is 2.90. The summed E-state index contributed by atoms with van der Waals surface area (Å²) in [6, 6.07) is 4.69. The van der Waals surface area contributed by atoms with E-state index in [1.165, 1.54) is 12.1 Å². The Kier molecular flexibility index (Phi) is 4.09. The molecular weight excluding hydrogens is 345 g/mol. The number of alkyl halides is 3. The number of benzene rings is 1. The third-order valence-corrected chi connectivity index (χ3v) is 4.20. The number of hydrogen-bond donors (Lipinski definition) is 2. The maximum atomic E-state index is 12.8. The van der Waals surface area contributed by atoms with Crippen LogP contribution in [-0.4, -0.2) is 19.7 Å². The summed E-state index contributed by atoms with van der Waals surface area (Å²) in [6.07, 6.45) is -4.42. The first-order valence-electron chi connectivity index (χ1n) is 7.70. The maximum Gasteiger partial charge on any atom is 0.416 e. The summed E-state index contributed by atoms with van der Waals surface area (Å²) in [5.41, 5.74) is 14.6. The van der Waals surface area contributed by atoms with E-state index in [2.05, 4.69) is 15.1 Å². The van der Waals surface area contributed by atoms with Crippen LogP contribution < -0.4 is 11.5 Å². The fourth-order valence-electron chi connectivity index (χ4n) is 2.90. The van der Waals surface area contributed by atoms with Crippen molar-refractivity contribution in [2.45, 2.75) is 20.0 Å². The average molecular weight is 362 g/mol. The van der Waals surface area contributed by atoms with Crippen molar-refractivity contribution in [2.24, 2.45) is 7.05 Å². The van der Waals surface area contributed by atoms with Crippen LogP contribution in [0.1, 0.15) is 17.0 Å². The normalized spacial score (nSPS) is 11.8. The molecule has 0 unspecified atom stereocenters. The summed E-state index contributed by atoms with van der Waals surface area (Å²) in [6.45, 7) is 3.67. The molecule has 0 aliphatic heterocycles. The van der Waals surface area contributed by atoms with Gasteiger partial charge in [-0.2, -0.15) is 23.3 Å². The van der Waals surface area contributed by atoms with Crippen molar-refractivity contribution in [1.82, 2.24) is 19.7 Å². The quantitative estimate of drug-likeness (QED) is 0.729. The topological polar surface area (TPSA) is 95.6 Å². The molecule has 0 atom stereocenters. The van der Waals surface area contributed by atoms with Gasteiger partial charge in [-0.25, -0.2) is 4.98 Å². The van der Waals surface area contributed by atoms with E-state index < -0.39 is 11.7 Å². The number of halogens is 3. The van der Waals surface area contributed by atoms with Crippen LogP contribution in [0.4, 0.5) is 24.9 Å². The summed E-state index contributed by atoms with van der Waals surface area (Å²) in [5, 5.41) is 4.35. The SMILES string of the molecule is Cc1nn(C)c(C)c1-c1nc(N)nc(N)c1-c1ccc(C(F)(F)F)cc1. The van der Waals surface area contributed by atoms with E-state index in [0.717, 1.165) is 23.4 Å². The first kappa shape index (κ1) is 17.7. The lowest BCUT2D eigenvalue weighted by molar-refractivity contribution is -0.137. The number of rotatable bonds is 2. The van der Waals surface area contributed by atoms with Crippen molar-refractivity contribution in [3.05, 3.63) is 41.2 Å². The van der Waals surface area contributed by atoms with Crippen LogP contribution in [0.15, 0.2) is 24.3 Å². The molecule has 3 rings (SSSR count). The fraction of sp³-hybridized carbons (Fsp3) is 0.235. The van der Waals surface area contributed by atoms with Crippen LogP contribution >= 0.6 is 0 Å². The van der Waals surface area contributed by atoms with Crippen LogP contribution in [0, 0.1) is 13.8 Å². The molecule has 0 radical (unpaired) electrons. The van der Waals surface area contributed by atoms with E-state index in [9.17, 15) is 13.2 Å². The zero-order chi connectivity index (χ0) is 19.2. The number of hydrogen-bond acceptors (Lipinski definition) is 5. The summed E-state index contributed by atoms with van der Waals surface area (Å²) in [7, 11) is 1.79. The van der Waals surface area contributed by atoms with Crippen molar-refractivity contribution >= 4 is 11.8 Å². The number of aromatic nitrogens is 4. The predicted molar refractivity (Wildman–Crippen MR) is 93.0 cm³/mol. The molecule has 0 bridgehead atoms. The van der Waals surface area contributed by atoms with Gasteiger partial charge in [-0.3, -0.25) is 4.68 Å². The standard InChI is InChI=1S/C17H17F3N6/c1-8-12(9(2)26(3)25-8)14-13(15(21)24-16(22)23-14)10-4-6-11(7-5-10)17(18,19)20/h4-7H,1-3H3,(H4,21,22,23,24). The number of nitrogen functional groups attached to an aromatic ring is 2. The lowest BCUT2D eigenvalue weighted by Gasteiger charge is -2.14. The summed E-state index contributed by atoms with van der Waals surface area (Å²) in [4.78, 5) is 8.27. The van der Waals surface area contributed by atoms with Crippen molar-refractivity contribution in [3.63, 3.8) is 0 Å². The van der Waals surface area contributed by atoms with Gasteiger partial charge in [0.1, 0.15) is 5.82 Å². The van der Waals surface area contributed by atoms with Gasteiger partial charge in [-0.1, -0.05) is 12.1 Å². The highest BCUT2D eigenvalue weighted by Gasteiger charge is 2.30. The van der Waals surface area contributed by atoms with E-state index in [0.29, 0.717) is 22.5 Å². The van der Waals surface area contributed by atoms with Gasteiger partial charge < -0.3 is 11.5 Å². The molecule has 0 aliphatic rings. The second-order valence-corrected chi connectivity index (χ2v) is 5.94. The summed E-state index contributed by atoms with van der Waals surface area (Å²) >= 11 is 0. The highest BCUT2D eigenvalue weighted by atomic mass is 19.4. The molecule has 4 N–H and O–H groups in total. The minimum Gasteiger partial charge on any atom is -0.383 e. The van der Waals surface area contributed by atoms with E-state index >= 15 is 0 Å². The molecule has 2 heterocycles. The Hall–Kier alpha value is -3.10. The van der Waals surface area contributed by atoms with E-state index in [4.69, 9.17) is 11.5 Å². The average Bonchev–Trinajstić information content (AvgIpc) is 2.78. The largest absolute Gasteiger partial charge is 0.416 e. The first-order chi connectivity index (χ1) is 12.1. The number of aryl methyl sites for hydroxylation is 2. The molecule has 0 saturated carbocycles. The Labute approximate surface area is 147 Å². The Bertz CT molecular complexity index is 974. The van der Waals surface area contributed by atoms with Crippen LogP contribution in [0.25, 0.3) is 22.4 Å². The zero-order valence-electron chi connectivity index (χ0n) is 14.4. The van der Waals surface area contributed by atoms with Gasteiger partial charge in [0, 0.05) is 18.3 Å². The van der Waals surface area contributed by atoms with Gasteiger partial charge in [0.15, 0.2) is 0 Å². The van der Waals surface area contributed by atoms with Crippen molar-refractivity contribution in [3.8, 4) is 22.4 Å².